The van der Waals surface area contributed by atoms with Crippen molar-refractivity contribution < 1.29 is 0 Å². The van der Waals surface area contributed by atoms with Crippen LogP contribution in [0.25, 0.3) is 10.9 Å². The molecule has 1 unspecified atom stereocenters. The third kappa shape index (κ3) is 4.73. The fourth-order valence-electron chi connectivity index (χ4n) is 2.75. The Labute approximate surface area is 129 Å². The molecular formula is C19H28N2. The Hall–Kier alpha value is -1.57. The van der Waals surface area contributed by atoms with E-state index in [1.165, 1.54) is 43.9 Å². The van der Waals surface area contributed by atoms with Gasteiger partial charge < -0.3 is 5.32 Å². The number of hydrogen-bond donors (Lipinski definition) is 1. The molecule has 0 bridgehead atoms. The first-order valence-electron chi connectivity index (χ1n) is 8.33. The molecule has 1 aromatic heterocycles. The molecule has 1 N–H and O–H groups in total. The van der Waals surface area contributed by atoms with Crippen molar-refractivity contribution in [3.63, 3.8) is 0 Å². The van der Waals surface area contributed by atoms with Crippen LogP contribution in [0.15, 0.2) is 30.3 Å². The van der Waals surface area contributed by atoms with E-state index in [1.54, 1.807) is 0 Å². The summed E-state index contributed by atoms with van der Waals surface area (Å²) in [6.07, 6.45) is 7.95. The maximum atomic E-state index is 4.69. The number of hydrogen-bond acceptors (Lipinski definition) is 2. The lowest BCUT2D eigenvalue weighted by atomic mass is 10.1. The fourth-order valence-corrected chi connectivity index (χ4v) is 2.75. The molecule has 1 heterocycles. The second-order valence-corrected chi connectivity index (χ2v) is 6.08. The lowest BCUT2D eigenvalue weighted by Crippen LogP contribution is -2.15. The summed E-state index contributed by atoms with van der Waals surface area (Å²) in [6, 6.07) is 11.1. The third-order valence-electron chi connectivity index (χ3n) is 4.00. The number of nitrogens with one attached hydrogen (secondary N) is 1. The number of aromatic nitrogens is 1. The summed E-state index contributed by atoms with van der Waals surface area (Å²) in [5, 5.41) is 4.85. The number of aryl methyl sites for hydroxylation is 1. The van der Waals surface area contributed by atoms with E-state index in [9.17, 15) is 0 Å². The number of fused-ring (bicyclic) bond motifs is 1. The van der Waals surface area contributed by atoms with Gasteiger partial charge in [0.1, 0.15) is 0 Å². The maximum Gasteiger partial charge on any atom is 0.0936 e. The molecule has 0 spiro atoms. The van der Waals surface area contributed by atoms with E-state index in [0.717, 1.165) is 16.9 Å². The van der Waals surface area contributed by atoms with Crippen LogP contribution in [0, 0.1) is 6.92 Å². The number of nitrogens with zero attached hydrogens (tertiary/aromatic N) is 1. The molecular weight excluding hydrogens is 256 g/mol. The first-order chi connectivity index (χ1) is 10.2. The first kappa shape index (κ1) is 15.8. The summed E-state index contributed by atoms with van der Waals surface area (Å²) in [5.74, 6) is 0. The molecule has 0 radical (unpaired) electrons. The molecule has 114 valence electrons. The van der Waals surface area contributed by atoms with Gasteiger partial charge in [0, 0.05) is 17.1 Å². The van der Waals surface area contributed by atoms with Crippen LogP contribution in [-0.2, 0) is 0 Å². The molecule has 0 aliphatic rings. The molecule has 1 atom stereocenters. The van der Waals surface area contributed by atoms with Crippen molar-refractivity contribution in [2.45, 2.75) is 65.3 Å². The van der Waals surface area contributed by atoms with Gasteiger partial charge in [-0.1, -0.05) is 57.2 Å². The standard InChI is InChI=1S/C19H28N2/c1-4-5-6-7-8-10-15(2)20-18-12-9-11-17-14-13-16(3)21-19(17)18/h9,11-15,20H,4-8,10H2,1-3H3. The molecule has 2 nitrogen and oxygen atoms in total. The van der Waals surface area contributed by atoms with Crippen molar-refractivity contribution in [2.24, 2.45) is 0 Å². The molecule has 0 fully saturated rings. The largest absolute Gasteiger partial charge is 0.381 e. The zero-order chi connectivity index (χ0) is 15.1. The van der Waals surface area contributed by atoms with E-state index in [2.05, 4.69) is 54.5 Å². The number of para-hydroxylation sites is 1. The minimum atomic E-state index is 0.500. The summed E-state index contributed by atoms with van der Waals surface area (Å²) in [5.41, 5.74) is 3.33. The number of benzene rings is 1. The van der Waals surface area contributed by atoms with E-state index in [0.29, 0.717) is 6.04 Å². The first-order valence-corrected chi connectivity index (χ1v) is 8.33. The highest BCUT2D eigenvalue weighted by molar-refractivity contribution is 5.90. The molecule has 2 rings (SSSR count). The average molecular weight is 284 g/mol. The molecule has 0 aliphatic heterocycles. The zero-order valence-corrected chi connectivity index (χ0v) is 13.7. The van der Waals surface area contributed by atoms with Gasteiger partial charge in [-0.3, -0.25) is 4.98 Å². The van der Waals surface area contributed by atoms with Crippen molar-refractivity contribution in [1.82, 2.24) is 4.98 Å². The van der Waals surface area contributed by atoms with E-state index in [4.69, 9.17) is 0 Å². The van der Waals surface area contributed by atoms with Crippen molar-refractivity contribution in [1.29, 1.82) is 0 Å². The predicted molar refractivity (Wildman–Crippen MR) is 92.9 cm³/mol. The van der Waals surface area contributed by atoms with Crippen LogP contribution in [0.4, 0.5) is 5.69 Å². The van der Waals surface area contributed by atoms with Crippen LogP contribution >= 0.6 is 0 Å². The molecule has 2 heteroatoms. The normalized spacial score (nSPS) is 12.5. The minimum Gasteiger partial charge on any atom is -0.381 e. The van der Waals surface area contributed by atoms with E-state index < -0.39 is 0 Å². The second-order valence-electron chi connectivity index (χ2n) is 6.08. The van der Waals surface area contributed by atoms with Crippen molar-refractivity contribution in [2.75, 3.05) is 5.32 Å². The lowest BCUT2D eigenvalue weighted by Gasteiger charge is -2.16. The third-order valence-corrected chi connectivity index (χ3v) is 4.00. The van der Waals surface area contributed by atoms with Gasteiger partial charge >= 0.3 is 0 Å². The van der Waals surface area contributed by atoms with Gasteiger partial charge in [-0.2, -0.15) is 0 Å². The van der Waals surface area contributed by atoms with Gasteiger partial charge in [0.25, 0.3) is 0 Å². The molecule has 0 saturated heterocycles. The molecule has 0 amide bonds. The van der Waals surface area contributed by atoms with Crippen molar-refractivity contribution >= 4 is 16.6 Å². The smallest absolute Gasteiger partial charge is 0.0936 e. The summed E-state index contributed by atoms with van der Waals surface area (Å²) in [6.45, 7) is 6.58. The second kappa shape index (κ2) is 8.02. The Morgan fingerprint density at radius 2 is 1.86 bits per heavy atom. The predicted octanol–water partition coefficient (Wildman–Crippen LogP) is 5.70. The van der Waals surface area contributed by atoms with Gasteiger partial charge in [0.15, 0.2) is 0 Å². The SMILES string of the molecule is CCCCCCCC(C)Nc1cccc2ccc(C)nc12. The van der Waals surface area contributed by atoms with Crippen LogP contribution < -0.4 is 5.32 Å². The average Bonchev–Trinajstić information content (AvgIpc) is 2.48. The van der Waals surface area contributed by atoms with Crippen molar-refractivity contribution in [3.05, 3.63) is 36.0 Å². The summed E-state index contributed by atoms with van der Waals surface area (Å²) in [4.78, 5) is 4.69. The molecule has 1 aromatic carbocycles. The van der Waals surface area contributed by atoms with Crippen LogP contribution in [0.5, 0.6) is 0 Å². The summed E-state index contributed by atoms with van der Waals surface area (Å²) in [7, 11) is 0. The number of unbranched alkanes of at least 4 members (excludes halogenated alkanes) is 4. The Morgan fingerprint density at radius 1 is 1.05 bits per heavy atom. The van der Waals surface area contributed by atoms with Crippen LogP contribution in [0.2, 0.25) is 0 Å². The van der Waals surface area contributed by atoms with Gasteiger partial charge in [0.2, 0.25) is 0 Å². The number of pyridine rings is 1. The fraction of sp³-hybridized carbons (Fsp3) is 0.526. The van der Waals surface area contributed by atoms with Crippen molar-refractivity contribution in [3.8, 4) is 0 Å². The topological polar surface area (TPSA) is 24.9 Å². The van der Waals surface area contributed by atoms with Crippen LogP contribution in [-0.4, -0.2) is 11.0 Å². The molecule has 0 aliphatic carbocycles. The van der Waals surface area contributed by atoms with Crippen LogP contribution in [0.3, 0.4) is 0 Å². The number of rotatable bonds is 8. The highest BCUT2D eigenvalue weighted by atomic mass is 14.9. The maximum absolute atomic E-state index is 4.69. The molecule has 21 heavy (non-hydrogen) atoms. The highest BCUT2D eigenvalue weighted by Gasteiger charge is 2.06. The van der Waals surface area contributed by atoms with E-state index >= 15 is 0 Å². The Bertz CT molecular complexity index is 562. The highest BCUT2D eigenvalue weighted by Crippen LogP contribution is 2.23. The van der Waals surface area contributed by atoms with E-state index in [-0.39, 0.29) is 0 Å². The van der Waals surface area contributed by atoms with Gasteiger partial charge in [-0.15, -0.1) is 0 Å². The summed E-state index contributed by atoms with van der Waals surface area (Å²) >= 11 is 0. The molecule has 0 saturated carbocycles. The Morgan fingerprint density at radius 3 is 2.67 bits per heavy atom. The Kier molecular flexibility index (Phi) is 6.04. The lowest BCUT2D eigenvalue weighted by molar-refractivity contribution is 0.578. The van der Waals surface area contributed by atoms with Gasteiger partial charge in [0.05, 0.1) is 11.2 Å². The minimum absolute atomic E-state index is 0.500. The monoisotopic (exact) mass is 284 g/mol. The quantitative estimate of drug-likeness (QED) is 0.628. The van der Waals surface area contributed by atoms with Gasteiger partial charge in [-0.25, -0.2) is 0 Å². The summed E-state index contributed by atoms with van der Waals surface area (Å²) < 4.78 is 0. The number of anilines is 1. The Balaban J connectivity index is 1.94. The van der Waals surface area contributed by atoms with Crippen LogP contribution in [0.1, 0.15) is 58.1 Å². The van der Waals surface area contributed by atoms with Gasteiger partial charge in [-0.05, 0) is 32.4 Å². The molecule has 2 aromatic rings. The van der Waals surface area contributed by atoms with E-state index in [1.807, 2.05) is 6.92 Å². The zero-order valence-electron chi connectivity index (χ0n) is 13.7.